The van der Waals surface area contributed by atoms with Crippen LogP contribution in [0.2, 0.25) is 0 Å². The first-order valence-corrected chi connectivity index (χ1v) is 11.0. The molecule has 2 heterocycles. The van der Waals surface area contributed by atoms with Crippen LogP contribution in [-0.4, -0.2) is 53.8 Å². The van der Waals surface area contributed by atoms with Crippen LogP contribution in [0.5, 0.6) is 0 Å². The number of anilines is 1. The fourth-order valence-electron chi connectivity index (χ4n) is 4.11. The van der Waals surface area contributed by atoms with Crippen LogP contribution >= 0.6 is 12.4 Å². The van der Waals surface area contributed by atoms with Crippen molar-refractivity contribution in [1.29, 1.82) is 5.41 Å². The number of nitrogens with one attached hydrogen (secondary N) is 2. The van der Waals surface area contributed by atoms with E-state index in [1.54, 1.807) is 6.20 Å². The van der Waals surface area contributed by atoms with E-state index >= 15 is 0 Å². The number of hydrogen-bond acceptors (Lipinski definition) is 5. The van der Waals surface area contributed by atoms with Crippen LogP contribution in [0, 0.1) is 12.3 Å². The molecule has 5 rings (SSSR count). The third kappa shape index (κ3) is 4.89. The van der Waals surface area contributed by atoms with E-state index in [4.69, 9.17) is 10.1 Å². The summed E-state index contributed by atoms with van der Waals surface area (Å²) in [6, 6.07) is 21.8. The largest absolute Gasteiger partial charge is 0.402 e. The number of hydrogen-bond donors (Lipinski definition) is 2. The molecule has 1 saturated heterocycles. The molecular formula is C26H26ClN5O2. The second-order valence-corrected chi connectivity index (χ2v) is 8.21. The van der Waals surface area contributed by atoms with Crippen molar-refractivity contribution in [3.05, 3.63) is 89.8 Å². The van der Waals surface area contributed by atoms with Gasteiger partial charge >= 0.3 is 5.97 Å². The molecule has 0 aliphatic carbocycles. The van der Waals surface area contributed by atoms with Gasteiger partial charge in [0.05, 0.1) is 0 Å². The highest BCUT2D eigenvalue weighted by Crippen LogP contribution is 2.24. The minimum atomic E-state index is -0.436. The predicted molar refractivity (Wildman–Crippen MR) is 138 cm³/mol. The lowest BCUT2D eigenvalue weighted by Gasteiger charge is -2.35. The Bertz CT molecular complexity index is 1290. The van der Waals surface area contributed by atoms with Crippen molar-refractivity contribution in [2.75, 3.05) is 31.5 Å². The number of aryl methyl sites for hydroxylation is 1. The summed E-state index contributed by atoms with van der Waals surface area (Å²) in [5, 5.41) is 13.6. The molecule has 0 aromatic heterocycles. The number of benzene rings is 3. The highest BCUT2D eigenvalue weighted by Gasteiger charge is 2.27. The molecule has 0 radical (unpaired) electrons. The van der Waals surface area contributed by atoms with E-state index in [1.807, 2.05) is 78.6 Å². The van der Waals surface area contributed by atoms with Gasteiger partial charge in [0.2, 0.25) is 5.90 Å². The highest BCUT2D eigenvalue weighted by molar-refractivity contribution is 6.16. The number of rotatable bonds is 3. The lowest BCUT2D eigenvalue weighted by atomic mass is 10.0. The molecule has 2 aliphatic heterocycles. The van der Waals surface area contributed by atoms with Crippen molar-refractivity contribution in [3.8, 4) is 0 Å². The van der Waals surface area contributed by atoms with Gasteiger partial charge in [0, 0.05) is 43.6 Å². The Hall–Kier alpha value is -3.84. The average molecular weight is 476 g/mol. The molecule has 3 aromatic rings. The van der Waals surface area contributed by atoms with Crippen LogP contribution in [0.3, 0.4) is 0 Å². The van der Waals surface area contributed by atoms with E-state index in [0.29, 0.717) is 43.7 Å². The van der Waals surface area contributed by atoms with Gasteiger partial charge in [-0.25, -0.2) is 9.79 Å². The second-order valence-electron chi connectivity index (χ2n) is 8.21. The van der Waals surface area contributed by atoms with E-state index < -0.39 is 5.97 Å². The van der Waals surface area contributed by atoms with Crippen LogP contribution < -0.4 is 5.32 Å². The van der Waals surface area contributed by atoms with E-state index in [2.05, 4.69) is 15.2 Å². The number of nitrogens with zero attached hydrogens (tertiary/aromatic N) is 3. The van der Waals surface area contributed by atoms with Gasteiger partial charge in [-0.15, -0.1) is 12.4 Å². The number of esters is 1. The zero-order valence-corrected chi connectivity index (χ0v) is 19.6. The molecule has 0 saturated carbocycles. The van der Waals surface area contributed by atoms with Crippen molar-refractivity contribution >= 4 is 46.7 Å². The van der Waals surface area contributed by atoms with E-state index in [-0.39, 0.29) is 12.4 Å². The summed E-state index contributed by atoms with van der Waals surface area (Å²) in [4.78, 5) is 21.0. The molecule has 8 heteroatoms. The monoisotopic (exact) mass is 475 g/mol. The van der Waals surface area contributed by atoms with E-state index in [9.17, 15) is 4.79 Å². The molecule has 0 spiro atoms. The Labute approximate surface area is 204 Å². The zero-order chi connectivity index (χ0) is 22.8. The Morgan fingerprint density at radius 3 is 2.56 bits per heavy atom. The van der Waals surface area contributed by atoms with Gasteiger partial charge < -0.3 is 19.9 Å². The topological polar surface area (TPSA) is 81.0 Å². The van der Waals surface area contributed by atoms with Crippen LogP contribution in [-0.2, 0) is 9.53 Å². The van der Waals surface area contributed by atoms with Gasteiger partial charge in [0.25, 0.3) is 0 Å². The van der Waals surface area contributed by atoms with Crippen LogP contribution in [0.15, 0.2) is 83.6 Å². The predicted octanol–water partition coefficient (Wildman–Crippen LogP) is 4.38. The number of aliphatic imine (C=N–C) groups is 1. The summed E-state index contributed by atoms with van der Waals surface area (Å²) < 4.78 is 5.51. The third-order valence-corrected chi connectivity index (χ3v) is 5.86. The highest BCUT2D eigenvalue weighted by atomic mass is 35.5. The minimum absolute atomic E-state index is 0. The maximum absolute atomic E-state index is 12.5. The normalized spacial score (nSPS) is 16.8. The van der Waals surface area contributed by atoms with Crippen molar-refractivity contribution < 1.29 is 9.53 Å². The molecule has 0 atom stereocenters. The standard InChI is InChI=1S/C26H25N5O2.ClH/c1-18-6-4-9-20(16-18)28-26(27)31-14-12-30(13-15-31)17-23-25(32)33-24(29-23)22-11-5-8-19-7-2-3-10-21(19)22;/h2-11,16-17H,12-15H2,1H3,(H2,27,28);1H. The summed E-state index contributed by atoms with van der Waals surface area (Å²) in [5.41, 5.74) is 3.18. The number of carbonyl (C=O) groups is 1. The molecule has 2 N–H and O–H groups in total. The molecule has 3 aromatic carbocycles. The maximum atomic E-state index is 12.5. The summed E-state index contributed by atoms with van der Waals surface area (Å²) in [6.45, 7) is 4.76. The van der Waals surface area contributed by atoms with E-state index in [1.165, 1.54) is 0 Å². The Morgan fingerprint density at radius 1 is 1.03 bits per heavy atom. The molecule has 1 fully saturated rings. The van der Waals surface area contributed by atoms with Gasteiger partial charge in [-0.3, -0.25) is 5.41 Å². The van der Waals surface area contributed by atoms with Gasteiger partial charge in [-0.1, -0.05) is 48.5 Å². The van der Waals surface area contributed by atoms with Gasteiger partial charge in [0.15, 0.2) is 11.7 Å². The average Bonchev–Trinajstić information content (AvgIpc) is 3.19. The SMILES string of the molecule is Cc1cccc(NC(=N)N2CCN(C=C3N=C(c4cccc5ccccc45)OC3=O)CC2)c1.Cl. The van der Waals surface area contributed by atoms with Crippen LogP contribution in [0.1, 0.15) is 11.1 Å². The summed E-state index contributed by atoms with van der Waals surface area (Å²) >= 11 is 0. The zero-order valence-electron chi connectivity index (χ0n) is 18.8. The van der Waals surface area contributed by atoms with Crippen LogP contribution in [0.25, 0.3) is 10.8 Å². The van der Waals surface area contributed by atoms with Crippen LogP contribution in [0.4, 0.5) is 5.69 Å². The first-order valence-electron chi connectivity index (χ1n) is 11.0. The van der Waals surface area contributed by atoms with Gasteiger partial charge in [-0.05, 0) is 41.5 Å². The smallest absolute Gasteiger partial charge is 0.365 e. The fraction of sp³-hybridized carbons (Fsp3) is 0.192. The van der Waals surface area contributed by atoms with Gasteiger partial charge in [-0.2, -0.15) is 0 Å². The number of guanidine groups is 1. The van der Waals surface area contributed by atoms with Crippen molar-refractivity contribution in [2.45, 2.75) is 6.92 Å². The quantitative estimate of drug-likeness (QED) is 0.254. The first-order chi connectivity index (χ1) is 16.1. The fourth-order valence-corrected chi connectivity index (χ4v) is 4.11. The Morgan fingerprint density at radius 2 is 1.76 bits per heavy atom. The summed E-state index contributed by atoms with van der Waals surface area (Å²) in [7, 11) is 0. The van der Waals surface area contributed by atoms with E-state index in [0.717, 1.165) is 27.6 Å². The number of ether oxygens (including phenoxy) is 1. The lowest BCUT2D eigenvalue weighted by Crippen LogP contribution is -2.48. The number of fused-ring (bicyclic) bond motifs is 1. The summed E-state index contributed by atoms with van der Waals surface area (Å²) in [5.74, 6) is 0.282. The number of cyclic esters (lactones) is 1. The number of carbonyl (C=O) groups excluding carboxylic acids is 1. The van der Waals surface area contributed by atoms with Crippen molar-refractivity contribution in [1.82, 2.24) is 9.80 Å². The molecule has 0 bridgehead atoms. The first kappa shape index (κ1) is 23.3. The Kier molecular flexibility index (Phi) is 6.84. The third-order valence-electron chi connectivity index (χ3n) is 5.86. The number of halogens is 1. The maximum Gasteiger partial charge on any atom is 0.365 e. The molecule has 7 nitrogen and oxygen atoms in total. The molecule has 0 unspecified atom stereocenters. The van der Waals surface area contributed by atoms with Crippen molar-refractivity contribution in [3.63, 3.8) is 0 Å². The molecule has 2 aliphatic rings. The molecule has 174 valence electrons. The minimum Gasteiger partial charge on any atom is -0.402 e. The van der Waals surface area contributed by atoms with Gasteiger partial charge in [0.1, 0.15) is 0 Å². The molecule has 0 amide bonds. The number of piperazine rings is 1. The Balaban J connectivity index is 0.00000274. The lowest BCUT2D eigenvalue weighted by molar-refractivity contribution is -0.130. The second kappa shape index (κ2) is 9.97. The summed E-state index contributed by atoms with van der Waals surface area (Å²) in [6.07, 6.45) is 1.77. The molecular weight excluding hydrogens is 450 g/mol. The van der Waals surface area contributed by atoms with Crippen molar-refractivity contribution in [2.24, 2.45) is 4.99 Å². The molecule has 34 heavy (non-hydrogen) atoms.